The molecule has 2 heterocycles. The SMILES string of the molecule is Cc1ccsc1C(=O)OCc1ncc(-c2ccccc2)o1. The predicted octanol–water partition coefficient (Wildman–Crippen LogP) is 4.07. The first-order chi connectivity index (χ1) is 10.2. The van der Waals surface area contributed by atoms with E-state index in [1.807, 2.05) is 48.7 Å². The molecule has 106 valence electrons. The highest BCUT2D eigenvalue weighted by atomic mass is 32.1. The maximum atomic E-state index is 11.9. The zero-order chi connectivity index (χ0) is 14.7. The Labute approximate surface area is 126 Å². The third-order valence-corrected chi connectivity index (χ3v) is 3.98. The summed E-state index contributed by atoms with van der Waals surface area (Å²) in [6.45, 7) is 1.91. The van der Waals surface area contributed by atoms with Crippen molar-refractivity contribution in [2.24, 2.45) is 0 Å². The summed E-state index contributed by atoms with van der Waals surface area (Å²) in [4.78, 5) is 16.6. The number of benzene rings is 1. The number of thiophene rings is 1. The molecule has 0 atom stereocenters. The van der Waals surface area contributed by atoms with Crippen LogP contribution in [0.4, 0.5) is 0 Å². The average Bonchev–Trinajstić information content (AvgIpc) is 3.15. The minimum Gasteiger partial charge on any atom is -0.451 e. The molecule has 0 amide bonds. The van der Waals surface area contributed by atoms with Gasteiger partial charge in [-0.05, 0) is 23.9 Å². The van der Waals surface area contributed by atoms with Gasteiger partial charge in [0.15, 0.2) is 12.4 Å². The molecule has 0 aliphatic heterocycles. The van der Waals surface area contributed by atoms with Crippen molar-refractivity contribution in [2.75, 3.05) is 0 Å². The van der Waals surface area contributed by atoms with Gasteiger partial charge in [-0.25, -0.2) is 9.78 Å². The number of hydrogen-bond acceptors (Lipinski definition) is 5. The standard InChI is InChI=1S/C16H13NO3S/c1-11-7-8-21-15(11)16(18)19-10-14-17-9-13(20-14)12-5-3-2-4-6-12/h2-9H,10H2,1H3. The second kappa shape index (κ2) is 5.93. The van der Waals surface area contributed by atoms with Crippen LogP contribution in [0.3, 0.4) is 0 Å². The fourth-order valence-electron chi connectivity index (χ4n) is 1.89. The number of aryl methyl sites for hydroxylation is 1. The van der Waals surface area contributed by atoms with E-state index in [4.69, 9.17) is 9.15 Å². The highest BCUT2D eigenvalue weighted by Gasteiger charge is 2.14. The van der Waals surface area contributed by atoms with Gasteiger partial charge in [0.05, 0.1) is 6.20 Å². The molecule has 0 fully saturated rings. The topological polar surface area (TPSA) is 52.3 Å². The van der Waals surface area contributed by atoms with Crippen LogP contribution in [0.25, 0.3) is 11.3 Å². The van der Waals surface area contributed by atoms with Crippen molar-refractivity contribution in [3.8, 4) is 11.3 Å². The van der Waals surface area contributed by atoms with E-state index in [0.29, 0.717) is 16.5 Å². The minimum atomic E-state index is -0.345. The Balaban J connectivity index is 1.66. The molecule has 0 saturated heterocycles. The Hall–Kier alpha value is -2.40. The molecular formula is C16H13NO3S. The van der Waals surface area contributed by atoms with E-state index in [-0.39, 0.29) is 12.6 Å². The lowest BCUT2D eigenvalue weighted by atomic mass is 10.2. The molecule has 0 saturated carbocycles. The summed E-state index contributed by atoms with van der Waals surface area (Å²) >= 11 is 1.37. The molecule has 3 rings (SSSR count). The van der Waals surface area contributed by atoms with Gasteiger partial charge in [0.1, 0.15) is 4.88 Å². The fraction of sp³-hybridized carbons (Fsp3) is 0.125. The molecule has 21 heavy (non-hydrogen) atoms. The van der Waals surface area contributed by atoms with Crippen LogP contribution in [-0.4, -0.2) is 11.0 Å². The lowest BCUT2D eigenvalue weighted by Crippen LogP contribution is -2.04. The van der Waals surface area contributed by atoms with Crippen molar-refractivity contribution in [2.45, 2.75) is 13.5 Å². The quantitative estimate of drug-likeness (QED) is 0.681. The first kappa shape index (κ1) is 13.6. The number of carbonyl (C=O) groups is 1. The third-order valence-electron chi connectivity index (χ3n) is 2.99. The van der Waals surface area contributed by atoms with Gasteiger partial charge < -0.3 is 9.15 Å². The van der Waals surface area contributed by atoms with Crippen molar-refractivity contribution in [3.63, 3.8) is 0 Å². The van der Waals surface area contributed by atoms with E-state index < -0.39 is 0 Å². The molecule has 0 bridgehead atoms. The predicted molar refractivity (Wildman–Crippen MR) is 80.1 cm³/mol. The van der Waals surface area contributed by atoms with E-state index in [2.05, 4.69) is 4.98 Å². The average molecular weight is 299 g/mol. The second-order valence-corrected chi connectivity index (χ2v) is 5.41. The molecule has 0 radical (unpaired) electrons. The maximum absolute atomic E-state index is 11.9. The largest absolute Gasteiger partial charge is 0.451 e. The summed E-state index contributed by atoms with van der Waals surface area (Å²) in [5, 5.41) is 1.87. The van der Waals surface area contributed by atoms with Crippen molar-refractivity contribution in [1.29, 1.82) is 0 Å². The zero-order valence-corrected chi connectivity index (χ0v) is 12.2. The number of nitrogens with zero attached hydrogens (tertiary/aromatic N) is 1. The Kier molecular flexibility index (Phi) is 3.83. The lowest BCUT2D eigenvalue weighted by molar-refractivity contribution is 0.0444. The minimum absolute atomic E-state index is 0.0308. The monoisotopic (exact) mass is 299 g/mol. The Bertz CT molecular complexity index is 746. The van der Waals surface area contributed by atoms with Gasteiger partial charge in [0.2, 0.25) is 5.89 Å². The number of ether oxygens (including phenoxy) is 1. The molecule has 0 aliphatic carbocycles. The summed E-state index contributed by atoms with van der Waals surface area (Å²) in [5.41, 5.74) is 1.86. The molecule has 2 aromatic heterocycles. The van der Waals surface area contributed by atoms with E-state index in [0.717, 1.165) is 11.1 Å². The molecule has 0 unspecified atom stereocenters. The van der Waals surface area contributed by atoms with E-state index in [1.165, 1.54) is 11.3 Å². The van der Waals surface area contributed by atoms with E-state index in [9.17, 15) is 4.79 Å². The number of hydrogen-bond donors (Lipinski definition) is 0. The number of rotatable bonds is 4. The normalized spacial score (nSPS) is 10.5. The second-order valence-electron chi connectivity index (χ2n) is 4.49. The number of esters is 1. The van der Waals surface area contributed by atoms with Crippen LogP contribution in [0.15, 0.2) is 52.4 Å². The summed E-state index contributed by atoms with van der Waals surface area (Å²) in [5.74, 6) is 0.701. The number of aromatic nitrogens is 1. The molecule has 0 N–H and O–H groups in total. The van der Waals surface area contributed by atoms with Crippen LogP contribution in [0, 0.1) is 6.92 Å². The summed E-state index contributed by atoms with van der Waals surface area (Å²) in [6.07, 6.45) is 1.63. The molecule has 0 spiro atoms. The van der Waals surface area contributed by atoms with Gasteiger partial charge in [0.25, 0.3) is 0 Å². The smallest absolute Gasteiger partial charge is 0.349 e. The van der Waals surface area contributed by atoms with Gasteiger partial charge in [0, 0.05) is 5.56 Å². The maximum Gasteiger partial charge on any atom is 0.349 e. The molecule has 1 aromatic carbocycles. The highest BCUT2D eigenvalue weighted by molar-refractivity contribution is 7.12. The van der Waals surface area contributed by atoms with Crippen LogP contribution in [0.1, 0.15) is 21.1 Å². The third kappa shape index (κ3) is 3.03. The first-order valence-electron chi connectivity index (χ1n) is 6.45. The zero-order valence-electron chi connectivity index (χ0n) is 11.4. The van der Waals surface area contributed by atoms with E-state index >= 15 is 0 Å². The molecular weight excluding hydrogens is 286 g/mol. The van der Waals surface area contributed by atoms with Crippen LogP contribution < -0.4 is 0 Å². The highest BCUT2D eigenvalue weighted by Crippen LogP contribution is 2.21. The van der Waals surface area contributed by atoms with Crippen LogP contribution in [0.2, 0.25) is 0 Å². The molecule has 0 aliphatic rings. The van der Waals surface area contributed by atoms with Gasteiger partial charge in [-0.3, -0.25) is 0 Å². The van der Waals surface area contributed by atoms with E-state index in [1.54, 1.807) is 6.20 Å². The van der Waals surface area contributed by atoms with Crippen molar-refractivity contribution in [1.82, 2.24) is 4.98 Å². The van der Waals surface area contributed by atoms with Crippen LogP contribution in [-0.2, 0) is 11.3 Å². The van der Waals surface area contributed by atoms with Gasteiger partial charge in [-0.1, -0.05) is 30.3 Å². The van der Waals surface area contributed by atoms with Crippen LogP contribution in [0.5, 0.6) is 0 Å². The summed E-state index contributed by atoms with van der Waals surface area (Å²) in [6, 6.07) is 11.6. The van der Waals surface area contributed by atoms with Crippen molar-refractivity contribution < 1.29 is 13.9 Å². The number of oxazole rings is 1. The van der Waals surface area contributed by atoms with Crippen LogP contribution >= 0.6 is 11.3 Å². The van der Waals surface area contributed by atoms with Crippen molar-refractivity contribution >= 4 is 17.3 Å². The summed E-state index contributed by atoms with van der Waals surface area (Å²) < 4.78 is 10.8. The Morgan fingerprint density at radius 3 is 2.81 bits per heavy atom. The molecule has 5 heteroatoms. The Morgan fingerprint density at radius 2 is 2.10 bits per heavy atom. The van der Waals surface area contributed by atoms with Crippen molar-refractivity contribution in [3.05, 3.63) is 64.3 Å². The van der Waals surface area contributed by atoms with Gasteiger partial charge in [-0.2, -0.15) is 0 Å². The fourth-order valence-corrected chi connectivity index (χ4v) is 2.70. The summed E-state index contributed by atoms with van der Waals surface area (Å²) in [7, 11) is 0. The lowest BCUT2D eigenvalue weighted by Gasteiger charge is -2.01. The first-order valence-corrected chi connectivity index (χ1v) is 7.33. The molecule has 3 aromatic rings. The van der Waals surface area contributed by atoms with Gasteiger partial charge >= 0.3 is 5.97 Å². The molecule has 4 nitrogen and oxygen atoms in total. The Morgan fingerprint density at radius 1 is 1.29 bits per heavy atom. The van der Waals surface area contributed by atoms with Gasteiger partial charge in [-0.15, -0.1) is 11.3 Å². The number of carbonyl (C=O) groups excluding carboxylic acids is 1.